The maximum atomic E-state index is 9.88. The number of ether oxygens (including phenoxy) is 2. The fourth-order valence-electron chi connectivity index (χ4n) is 4.20. The zero-order chi connectivity index (χ0) is 17.9. The van der Waals surface area contributed by atoms with Crippen LogP contribution in [-0.2, 0) is 4.74 Å². The van der Waals surface area contributed by atoms with Gasteiger partial charge in [0, 0.05) is 25.3 Å². The highest BCUT2D eigenvalue weighted by atomic mass is 16.5. The van der Waals surface area contributed by atoms with Gasteiger partial charge in [-0.25, -0.2) is 0 Å². The molecule has 2 aliphatic rings. The van der Waals surface area contributed by atoms with E-state index in [2.05, 4.69) is 20.4 Å². The molecule has 0 radical (unpaired) electrons. The molecular weight excluding hydrogens is 334 g/mol. The van der Waals surface area contributed by atoms with Gasteiger partial charge < -0.3 is 14.6 Å². The van der Waals surface area contributed by atoms with Crippen LogP contribution in [0.4, 0.5) is 0 Å². The van der Waals surface area contributed by atoms with Gasteiger partial charge in [0.2, 0.25) is 0 Å². The first-order chi connectivity index (χ1) is 12.8. The zero-order valence-electron chi connectivity index (χ0n) is 15.0. The summed E-state index contributed by atoms with van der Waals surface area (Å²) in [6, 6.07) is 8.38. The summed E-state index contributed by atoms with van der Waals surface area (Å²) in [5, 5.41) is 22.4. The van der Waals surface area contributed by atoms with Crippen molar-refractivity contribution in [1.82, 2.24) is 25.1 Å². The average Bonchev–Trinajstić information content (AvgIpc) is 3.35. The molecule has 2 fully saturated rings. The minimum absolute atomic E-state index is 0.104. The van der Waals surface area contributed by atoms with Crippen molar-refractivity contribution in [3.05, 3.63) is 30.1 Å². The summed E-state index contributed by atoms with van der Waals surface area (Å²) in [5.41, 5.74) is 0.908. The Hall–Kier alpha value is -2.03. The van der Waals surface area contributed by atoms with Crippen LogP contribution < -0.4 is 4.74 Å². The van der Waals surface area contributed by atoms with Crippen molar-refractivity contribution in [1.29, 1.82) is 0 Å². The Labute approximate surface area is 152 Å². The van der Waals surface area contributed by atoms with E-state index in [0.717, 1.165) is 56.2 Å². The summed E-state index contributed by atoms with van der Waals surface area (Å²) in [6.45, 7) is 1.71. The SMILES string of the molecule is COc1ccc(-n2nnnc2[C@@H]2CC[C@@H](CO)N2C2CCOCC2)cc1. The highest BCUT2D eigenvalue weighted by Gasteiger charge is 2.41. The Morgan fingerprint density at radius 3 is 2.62 bits per heavy atom. The first-order valence-corrected chi connectivity index (χ1v) is 9.20. The van der Waals surface area contributed by atoms with Gasteiger partial charge in [-0.3, -0.25) is 4.90 Å². The molecule has 0 saturated carbocycles. The first kappa shape index (κ1) is 17.4. The van der Waals surface area contributed by atoms with Crippen molar-refractivity contribution in [2.24, 2.45) is 0 Å². The maximum absolute atomic E-state index is 9.88. The summed E-state index contributed by atoms with van der Waals surface area (Å²) >= 11 is 0. The second-order valence-electron chi connectivity index (χ2n) is 6.87. The molecule has 0 aliphatic carbocycles. The second-order valence-corrected chi connectivity index (χ2v) is 6.87. The van der Waals surface area contributed by atoms with Crippen LogP contribution in [0.15, 0.2) is 24.3 Å². The van der Waals surface area contributed by atoms with E-state index >= 15 is 0 Å². The maximum Gasteiger partial charge on any atom is 0.173 e. The molecule has 8 heteroatoms. The van der Waals surface area contributed by atoms with Gasteiger partial charge >= 0.3 is 0 Å². The summed E-state index contributed by atoms with van der Waals surface area (Å²) in [6.07, 6.45) is 3.86. The summed E-state index contributed by atoms with van der Waals surface area (Å²) in [4.78, 5) is 2.42. The molecule has 0 amide bonds. The van der Waals surface area contributed by atoms with Crippen LogP contribution in [0.25, 0.3) is 5.69 Å². The fourth-order valence-corrected chi connectivity index (χ4v) is 4.20. The first-order valence-electron chi connectivity index (χ1n) is 9.20. The van der Waals surface area contributed by atoms with Crippen LogP contribution in [0.1, 0.15) is 37.5 Å². The topological polar surface area (TPSA) is 85.5 Å². The molecule has 2 atom stereocenters. The molecule has 4 rings (SSSR count). The van der Waals surface area contributed by atoms with Crippen LogP contribution >= 0.6 is 0 Å². The number of likely N-dealkylation sites (tertiary alicyclic amines) is 1. The normalized spacial score (nSPS) is 24.8. The molecule has 0 unspecified atom stereocenters. The third kappa shape index (κ3) is 3.20. The third-order valence-corrected chi connectivity index (χ3v) is 5.49. The highest BCUT2D eigenvalue weighted by molar-refractivity contribution is 5.37. The zero-order valence-corrected chi connectivity index (χ0v) is 15.0. The second kappa shape index (κ2) is 7.69. The van der Waals surface area contributed by atoms with E-state index in [4.69, 9.17) is 9.47 Å². The van der Waals surface area contributed by atoms with E-state index in [1.165, 1.54) is 0 Å². The number of benzene rings is 1. The summed E-state index contributed by atoms with van der Waals surface area (Å²) < 4.78 is 12.6. The fraction of sp³-hybridized carbons (Fsp3) is 0.611. The number of methoxy groups -OCH3 is 1. The molecular formula is C18H25N5O3. The lowest BCUT2D eigenvalue weighted by Gasteiger charge is -2.38. The van der Waals surface area contributed by atoms with Crippen molar-refractivity contribution in [2.75, 3.05) is 26.9 Å². The van der Waals surface area contributed by atoms with Crippen molar-refractivity contribution < 1.29 is 14.6 Å². The highest BCUT2D eigenvalue weighted by Crippen LogP contribution is 2.39. The molecule has 0 bridgehead atoms. The van der Waals surface area contributed by atoms with Gasteiger partial charge in [-0.05, 0) is 60.4 Å². The largest absolute Gasteiger partial charge is 0.497 e. The third-order valence-electron chi connectivity index (χ3n) is 5.49. The van der Waals surface area contributed by atoms with Gasteiger partial charge in [0.05, 0.1) is 25.4 Å². The standard InChI is InChI=1S/C18H25N5O3/c1-25-16-5-2-14(3-6-16)23-18(19-20-21-23)17-7-4-15(12-24)22(17)13-8-10-26-11-9-13/h2-3,5-6,13,15,17,24H,4,7-12H2,1H3/t15-,17-/m0/s1. The van der Waals surface area contributed by atoms with Crippen LogP contribution in [-0.4, -0.2) is 69.2 Å². The monoisotopic (exact) mass is 359 g/mol. The van der Waals surface area contributed by atoms with Crippen molar-refractivity contribution in [3.8, 4) is 11.4 Å². The Kier molecular flexibility index (Phi) is 5.14. The lowest BCUT2D eigenvalue weighted by Crippen LogP contribution is -2.45. The Balaban J connectivity index is 1.64. The smallest absolute Gasteiger partial charge is 0.173 e. The number of aromatic nitrogens is 4. The minimum Gasteiger partial charge on any atom is -0.497 e. The van der Waals surface area contributed by atoms with Gasteiger partial charge in [-0.15, -0.1) is 5.10 Å². The lowest BCUT2D eigenvalue weighted by molar-refractivity contribution is 0.00107. The number of rotatable bonds is 5. The van der Waals surface area contributed by atoms with E-state index < -0.39 is 0 Å². The van der Waals surface area contributed by atoms with Gasteiger partial charge in [0.25, 0.3) is 0 Å². The Morgan fingerprint density at radius 1 is 1.15 bits per heavy atom. The van der Waals surface area contributed by atoms with E-state index in [-0.39, 0.29) is 18.7 Å². The Bertz CT molecular complexity index is 714. The Morgan fingerprint density at radius 2 is 1.92 bits per heavy atom. The quantitative estimate of drug-likeness (QED) is 0.862. The van der Waals surface area contributed by atoms with Crippen molar-refractivity contribution in [3.63, 3.8) is 0 Å². The van der Waals surface area contributed by atoms with Gasteiger partial charge in [-0.1, -0.05) is 0 Å². The molecule has 1 aromatic heterocycles. The number of tetrazole rings is 1. The average molecular weight is 359 g/mol. The van der Waals surface area contributed by atoms with Gasteiger partial charge in [0.1, 0.15) is 5.75 Å². The molecule has 8 nitrogen and oxygen atoms in total. The molecule has 2 saturated heterocycles. The van der Waals surface area contributed by atoms with E-state index in [0.29, 0.717) is 6.04 Å². The van der Waals surface area contributed by atoms with Crippen LogP contribution in [0.2, 0.25) is 0 Å². The minimum atomic E-state index is 0.104. The lowest BCUT2D eigenvalue weighted by atomic mass is 10.0. The number of hydrogen-bond donors (Lipinski definition) is 1. The number of hydrogen-bond acceptors (Lipinski definition) is 7. The predicted molar refractivity (Wildman–Crippen MR) is 94.2 cm³/mol. The van der Waals surface area contributed by atoms with Crippen LogP contribution in [0.5, 0.6) is 5.75 Å². The molecule has 1 aromatic carbocycles. The van der Waals surface area contributed by atoms with Crippen molar-refractivity contribution in [2.45, 2.75) is 43.8 Å². The molecule has 2 aromatic rings. The molecule has 140 valence electrons. The summed E-state index contributed by atoms with van der Waals surface area (Å²) in [7, 11) is 1.65. The molecule has 3 heterocycles. The summed E-state index contributed by atoms with van der Waals surface area (Å²) in [5.74, 6) is 1.63. The van der Waals surface area contributed by atoms with Crippen LogP contribution in [0.3, 0.4) is 0 Å². The van der Waals surface area contributed by atoms with E-state index in [1.54, 1.807) is 11.8 Å². The van der Waals surface area contributed by atoms with Gasteiger partial charge in [-0.2, -0.15) is 4.68 Å². The number of nitrogens with zero attached hydrogens (tertiary/aromatic N) is 5. The number of aliphatic hydroxyl groups is 1. The van der Waals surface area contributed by atoms with E-state index in [1.807, 2.05) is 24.3 Å². The molecule has 0 spiro atoms. The molecule has 1 N–H and O–H groups in total. The van der Waals surface area contributed by atoms with Crippen molar-refractivity contribution >= 4 is 0 Å². The molecule has 26 heavy (non-hydrogen) atoms. The van der Waals surface area contributed by atoms with Crippen LogP contribution in [0, 0.1) is 0 Å². The molecule has 2 aliphatic heterocycles. The predicted octanol–water partition coefficient (Wildman–Crippen LogP) is 1.35. The number of aliphatic hydroxyl groups excluding tert-OH is 1. The van der Waals surface area contributed by atoms with Gasteiger partial charge in [0.15, 0.2) is 5.82 Å². The van der Waals surface area contributed by atoms with E-state index in [9.17, 15) is 5.11 Å².